The van der Waals surface area contributed by atoms with Crippen LogP contribution in [0.5, 0.6) is 0 Å². The Morgan fingerprint density at radius 3 is 2.46 bits per heavy atom. The van der Waals surface area contributed by atoms with Crippen molar-refractivity contribution >= 4 is 17.3 Å². The van der Waals surface area contributed by atoms with Crippen LogP contribution >= 0.6 is 12.2 Å². The molecule has 0 bridgehead atoms. The quantitative estimate of drug-likeness (QED) is 0.492. The number of nitrogens with zero attached hydrogens (tertiary/aromatic N) is 1. The molecule has 0 fully saturated rings. The van der Waals surface area contributed by atoms with Gasteiger partial charge in [-0.05, 0) is 12.2 Å². The molecular weight excluding hydrogens is 188 g/mol. The highest BCUT2D eigenvalue weighted by atomic mass is 32.1. The summed E-state index contributed by atoms with van der Waals surface area (Å²) in [5.74, 6) is 0. The van der Waals surface area contributed by atoms with Crippen molar-refractivity contribution in [2.75, 3.05) is 47.6 Å². The van der Waals surface area contributed by atoms with Gasteiger partial charge in [0, 0.05) is 34.4 Å². The highest BCUT2D eigenvalue weighted by Gasteiger charge is 2.01. The van der Waals surface area contributed by atoms with Crippen LogP contribution in [0.3, 0.4) is 0 Å². The van der Waals surface area contributed by atoms with Crippen molar-refractivity contribution in [2.45, 2.75) is 0 Å². The van der Waals surface area contributed by atoms with E-state index in [0.29, 0.717) is 13.2 Å². The van der Waals surface area contributed by atoms with Crippen molar-refractivity contribution in [1.82, 2.24) is 10.2 Å². The molecule has 0 aliphatic heterocycles. The Labute approximate surface area is 85.2 Å². The van der Waals surface area contributed by atoms with Crippen molar-refractivity contribution in [3.05, 3.63) is 0 Å². The number of likely N-dealkylation sites (N-methyl/N-ethyl adjacent to an activating group) is 1. The maximum absolute atomic E-state index is 5.11. The molecule has 0 unspecified atom stereocenters. The maximum atomic E-state index is 5.11. The highest BCUT2D eigenvalue weighted by Crippen LogP contribution is 1.84. The number of thiocarbonyl (C=S) groups is 1. The first kappa shape index (κ1) is 12.6. The molecule has 13 heavy (non-hydrogen) atoms. The fourth-order valence-electron chi connectivity index (χ4n) is 0.725. The average Bonchev–Trinajstić information content (AvgIpc) is 2.14. The molecule has 0 aliphatic carbocycles. The molecule has 78 valence electrons. The Morgan fingerprint density at radius 1 is 1.31 bits per heavy atom. The molecule has 5 heteroatoms. The molecule has 0 rings (SSSR count). The molecule has 0 amide bonds. The minimum Gasteiger partial charge on any atom is -0.383 e. The summed E-state index contributed by atoms with van der Waals surface area (Å²) in [6.45, 7) is 2.89. The van der Waals surface area contributed by atoms with Crippen molar-refractivity contribution in [2.24, 2.45) is 0 Å². The van der Waals surface area contributed by atoms with Crippen LogP contribution in [-0.4, -0.2) is 57.6 Å². The van der Waals surface area contributed by atoms with E-state index >= 15 is 0 Å². The SMILES string of the molecule is COCCNC(=S)N(C)CCOC. The summed E-state index contributed by atoms with van der Waals surface area (Å²) in [5.41, 5.74) is 0. The zero-order chi connectivity index (χ0) is 10.1. The zero-order valence-electron chi connectivity index (χ0n) is 8.50. The normalized spacial score (nSPS) is 9.77. The van der Waals surface area contributed by atoms with E-state index in [0.717, 1.165) is 18.2 Å². The third-order valence-electron chi connectivity index (χ3n) is 1.56. The Balaban J connectivity index is 3.45. The van der Waals surface area contributed by atoms with E-state index in [-0.39, 0.29) is 0 Å². The van der Waals surface area contributed by atoms with Crippen LogP contribution in [0.15, 0.2) is 0 Å². The Morgan fingerprint density at radius 2 is 1.92 bits per heavy atom. The molecule has 0 aromatic carbocycles. The lowest BCUT2D eigenvalue weighted by Crippen LogP contribution is -2.40. The smallest absolute Gasteiger partial charge is 0.168 e. The first-order valence-electron chi connectivity index (χ1n) is 4.19. The first-order chi connectivity index (χ1) is 6.22. The lowest BCUT2D eigenvalue weighted by molar-refractivity contribution is 0.181. The van der Waals surface area contributed by atoms with Gasteiger partial charge in [-0.3, -0.25) is 0 Å². The Hall–Kier alpha value is -0.390. The van der Waals surface area contributed by atoms with Crippen molar-refractivity contribution < 1.29 is 9.47 Å². The van der Waals surface area contributed by atoms with Gasteiger partial charge in [0.05, 0.1) is 13.2 Å². The van der Waals surface area contributed by atoms with Crippen molar-refractivity contribution in [3.8, 4) is 0 Å². The summed E-state index contributed by atoms with van der Waals surface area (Å²) in [6, 6.07) is 0. The average molecular weight is 206 g/mol. The third kappa shape index (κ3) is 6.74. The molecule has 0 spiro atoms. The molecule has 4 nitrogen and oxygen atoms in total. The standard InChI is InChI=1S/C8H18N2O2S/c1-10(5-7-12-3)8(13)9-4-6-11-2/h4-7H2,1-3H3,(H,9,13). The number of nitrogens with one attached hydrogen (secondary N) is 1. The van der Waals surface area contributed by atoms with Gasteiger partial charge in [0.25, 0.3) is 0 Å². The molecule has 0 saturated heterocycles. The van der Waals surface area contributed by atoms with E-state index in [1.54, 1.807) is 14.2 Å². The lowest BCUT2D eigenvalue weighted by atomic mass is 10.6. The topological polar surface area (TPSA) is 33.7 Å². The molecule has 0 radical (unpaired) electrons. The maximum Gasteiger partial charge on any atom is 0.168 e. The second-order valence-electron chi connectivity index (χ2n) is 2.64. The van der Waals surface area contributed by atoms with Crippen LogP contribution < -0.4 is 5.32 Å². The highest BCUT2D eigenvalue weighted by molar-refractivity contribution is 7.80. The van der Waals surface area contributed by atoms with Crippen LogP contribution in [0.1, 0.15) is 0 Å². The fourth-order valence-corrected chi connectivity index (χ4v) is 0.918. The Kier molecular flexibility index (Phi) is 7.97. The van der Waals surface area contributed by atoms with Gasteiger partial charge < -0.3 is 19.7 Å². The molecular formula is C8H18N2O2S. The van der Waals surface area contributed by atoms with E-state index in [1.165, 1.54) is 0 Å². The number of methoxy groups -OCH3 is 2. The fraction of sp³-hybridized carbons (Fsp3) is 0.875. The van der Waals surface area contributed by atoms with Gasteiger partial charge in [0.2, 0.25) is 0 Å². The second-order valence-corrected chi connectivity index (χ2v) is 3.03. The van der Waals surface area contributed by atoms with Gasteiger partial charge in [-0.1, -0.05) is 0 Å². The third-order valence-corrected chi connectivity index (χ3v) is 2.02. The molecule has 0 saturated carbocycles. The lowest BCUT2D eigenvalue weighted by Gasteiger charge is -2.20. The first-order valence-corrected chi connectivity index (χ1v) is 4.60. The molecule has 0 aromatic heterocycles. The van der Waals surface area contributed by atoms with Crippen molar-refractivity contribution in [3.63, 3.8) is 0 Å². The Bertz CT molecular complexity index is 144. The van der Waals surface area contributed by atoms with E-state index in [2.05, 4.69) is 5.32 Å². The molecule has 0 atom stereocenters. The molecule has 0 heterocycles. The van der Waals surface area contributed by atoms with E-state index in [4.69, 9.17) is 21.7 Å². The summed E-state index contributed by atoms with van der Waals surface area (Å²) in [7, 11) is 5.27. The monoisotopic (exact) mass is 206 g/mol. The summed E-state index contributed by atoms with van der Waals surface area (Å²) < 4.78 is 9.82. The molecule has 1 N–H and O–H groups in total. The van der Waals surface area contributed by atoms with E-state index in [9.17, 15) is 0 Å². The van der Waals surface area contributed by atoms with Crippen molar-refractivity contribution in [1.29, 1.82) is 0 Å². The minimum absolute atomic E-state index is 0.665. The van der Waals surface area contributed by atoms with Gasteiger partial charge in [0.15, 0.2) is 5.11 Å². The van der Waals surface area contributed by atoms with E-state index in [1.807, 2.05) is 11.9 Å². The molecule has 0 aromatic rings. The second kappa shape index (κ2) is 8.22. The van der Waals surface area contributed by atoms with Crippen LogP contribution in [-0.2, 0) is 9.47 Å². The summed E-state index contributed by atoms with van der Waals surface area (Å²) in [4.78, 5) is 1.94. The van der Waals surface area contributed by atoms with Gasteiger partial charge in [-0.25, -0.2) is 0 Å². The van der Waals surface area contributed by atoms with Gasteiger partial charge in [-0.2, -0.15) is 0 Å². The van der Waals surface area contributed by atoms with E-state index < -0.39 is 0 Å². The van der Waals surface area contributed by atoms with Gasteiger partial charge >= 0.3 is 0 Å². The van der Waals surface area contributed by atoms with Crippen LogP contribution in [0.4, 0.5) is 0 Å². The van der Waals surface area contributed by atoms with Gasteiger partial charge in [0.1, 0.15) is 0 Å². The predicted molar refractivity (Wildman–Crippen MR) is 57.0 cm³/mol. The summed E-state index contributed by atoms with van der Waals surface area (Å²) in [6.07, 6.45) is 0. The number of hydrogen-bond donors (Lipinski definition) is 1. The van der Waals surface area contributed by atoms with Crippen LogP contribution in [0.25, 0.3) is 0 Å². The van der Waals surface area contributed by atoms with Crippen LogP contribution in [0, 0.1) is 0 Å². The summed E-state index contributed by atoms with van der Waals surface area (Å²) >= 11 is 5.11. The number of rotatable bonds is 6. The number of ether oxygens (including phenoxy) is 2. The number of hydrogen-bond acceptors (Lipinski definition) is 3. The zero-order valence-corrected chi connectivity index (χ0v) is 9.32. The van der Waals surface area contributed by atoms with Gasteiger partial charge in [-0.15, -0.1) is 0 Å². The minimum atomic E-state index is 0.665. The molecule has 0 aliphatic rings. The summed E-state index contributed by atoms with van der Waals surface area (Å²) in [5, 5.41) is 3.80. The largest absolute Gasteiger partial charge is 0.383 e. The van der Waals surface area contributed by atoms with Crippen LogP contribution in [0.2, 0.25) is 0 Å². The predicted octanol–water partition coefficient (Wildman–Crippen LogP) is 0.0855.